The number of nitrogens with zero attached hydrogens (tertiary/aromatic N) is 2. The molecule has 4 nitrogen and oxygen atoms in total. The Morgan fingerprint density at radius 1 is 1.71 bits per heavy atom. The number of aliphatic hydroxyl groups is 1. The lowest BCUT2D eigenvalue weighted by Gasteiger charge is -2.23. The zero-order chi connectivity index (χ0) is 10.0. The van der Waals surface area contributed by atoms with Crippen molar-refractivity contribution in [2.75, 3.05) is 19.8 Å². The Morgan fingerprint density at radius 3 is 3.07 bits per heavy atom. The lowest BCUT2D eigenvalue weighted by atomic mass is 9.83. The average molecular weight is 196 g/mol. The standard InChI is InChI=1S/C10H16N2O2/c1-12-6-9(5-11-12)4-10(7-13)2-3-14-8-10/h5-6,13H,2-4,7-8H2,1H3. The lowest BCUT2D eigenvalue weighted by molar-refractivity contribution is 0.0935. The molecule has 2 heterocycles. The lowest BCUT2D eigenvalue weighted by Crippen LogP contribution is -2.28. The van der Waals surface area contributed by atoms with E-state index in [4.69, 9.17) is 4.74 Å². The van der Waals surface area contributed by atoms with Gasteiger partial charge >= 0.3 is 0 Å². The average Bonchev–Trinajstić information content (AvgIpc) is 2.77. The summed E-state index contributed by atoms with van der Waals surface area (Å²) in [6.07, 6.45) is 5.65. The van der Waals surface area contributed by atoms with Crippen molar-refractivity contribution in [2.45, 2.75) is 12.8 Å². The molecule has 0 bridgehead atoms. The Labute approximate surface area is 83.5 Å². The third-order valence-electron chi connectivity index (χ3n) is 2.86. The first-order chi connectivity index (χ1) is 6.74. The van der Waals surface area contributed by atoms with Crippen LogP contribution in [-0.4, -0.2) is 34.7 Å². The van der Waals surface area contributed by atoms with Gasteiger partial charge in [-0.1, -0.05) is 0 Å². The van der Waals surface area contributed by atoms with Crippen molar-refractivity contribution in [1.29, 1.82) is 0 Å². The Hall–Kier alpha value is -0.870. The summed E-state index contributed by atoms with van der Waals surface area (Å²) < 4.78 is 7.13. The van der Waals surface area contributed by atoms with E-state index in [0.717, 1.165) is 19.4 Å². The Kier molecular flexibility index (Phi) is 2.56. The van der Waals surface area contributed by atoms with Crippen LogP contribution in [0.4, 0.5) is 0 Å². The number of hydrogen-bond acceptors (Lipinski definition) is 3. The highest BCUT2D eigenvalue weighted by Gasteiger charge is 2.34. The van der Waals surface area contributed by atoms with Gasteiger partial charge in [0.1, 0.15) is 0 Å². The number of aliphatic hydroxyl groups excluding tert-OH is 1. The third kappa shape index (κ3) is 1.81. The van der Waals surface area contributed by atoms with Crippen LogP contribution in [0.1, 0.15) is 12.0 Å². The monoisotopic (exact) mass is 196 g/mol. The molecule has 0 radical (unpaired) electrons. The van der Waals surface area contributed by atoms with Gasteiger partial charge in [-0.15, -0.1) is 0 Å². The van der Waals surface area contributed by atoms with Crippen LogP contribution >= 0.6 is 0 Å². The van der Waals surface area contributed by atoms with Crippen LogP contribution < -0.4 is 0 Å². The minimum absolute atomic E-state index is 0.0664. The van der Waals surface area contributed by atoms with Gasteiger partial charge in [-0.25, -0.2) is 0 Å². The van der Waals surface area contributed by atoms with Gasteiger partial charge in [-0.3, -0.25) is 4.68 Å². The van der Waals surface area contributed by atoms with Gasteiger partial charge < -0.3 is 9.84 Å². The second-order valence-corrected chi connectivity index (χ2v) is 4.16. The second-order valence-electron chi connectivity index (χ2n) is 4.16. The fourth-order valence-electron chi connectivity index (χ4n) is 1.97. The number of rotatable bonds is 3. The molecule has 1 atom stereocenters. The maximum atomic E-state index is 9.38. The fourth-order valence-corrected chi connectivity index (χ4v) is 1.97. The first-order valence-electron chi connectivity index (χ1n) is 4.90. The second kappa shape index (κ2) is 3.71. The van der Waals surface area contributed by atoms with Gasteiger partial charge in [0, 0.05) is 25.3 Å². The van der Waals surface area contributed by atoms with Crippen molar-refractivity contribution in [3.05, 3.63) is 18.0 Å². The molecule has 1 N–H and O–H groups in total. The zero-order valence-corrected chi connectivity index (χ0v) is 8.44. The molecule has 4 heteroatoms. The number of hydrogen-bond donors (Lipinski definition) is 1. The van der Waals surface area contributed by atoms with E-state index >= 15 is 0 Å². The normalized spacial score (nSPS) is 27.0. The minimum atomic E-state index is -0.0664. The van der Waals surface area contributed by atoms with Crippen LogP contribution in [0.15, 0.2) is 12.4 Å². The van der Waals surface area contributed by atoms with Crippen molar-refractivity contribution in [3.8, 4) is 0 Å². The van der Waals surface area contributed by atoms with Gasteiger partial charge in [0.2, 0.25) is 0 Å². The minimum Gasteiger partial charge on any atom is -0.396 e. The van der Waals surface area contributed by atoms with Crippen LogP contribution in [0, 0.1) is 5.41 Å². The zero-order valence-electron chi connectivity index (χ0n) is 8.44. The summed E-state index contributed by atoms with van der Waals surface area (Å²) >= 11 is 0. The molecule has 1 aliphatic heterocycles. The summed E-state index contributed by atoms with van der Waals surface area (Å²) in [5.74, 6) is 0. The highest BCUT2D eigenvalue weighted by Crippen LogP contribution is 2.31. The fraction of sp³-hybridized carbons (Fsp3) is 0.700. The van der Waals surface area contributed by atoms with Crippen molar-refractivity contribution in [3.63, 3.8) is 0 Å². The molecule has 0 aliphatic carbocycles. The Balaban J connectivity index is 2.08. The van der Waals surface area contributed by atoms with Crippen LogP contribution in [0.25, 0.3) is 0 Å². The largest absolute Gasteiger partial charge is 0.396 e. The molecule has 0 saturated carbocycles. The first kappa shape index (κ1) is 9.68. The molecular formula is C10H16N2O2. The number of ether oxygens (including phenoxy) is 1. The van der Waals surface area contributed by atoms with Crippen LogP contribution in [0.5, 0.6) is 0 Å². The molecule has 1 fully saturated rings. The van der Waals surface area contributed by atoms with Crippen molar-refractivity contribution < 1.29 is 9.84 Å². The van der Waals surface area contributed by atoms with E-state index in [1.54, 1.807) is 4.68 Å². The molecule has 14 heavy (non-hydrogen) atoms. The van der Waals surface area contributed by atoms with E-state index in [0.29, 0.717) is 6.61 Å². The maximum absolute atomic E-state index is 9.38. The molecule has 0 aromatic carbocycles. The maximum Gasteiger partial charge on any atom is 0.0548 e. The molecule has 0 spiro atoms. The highest BCUT2D eigenvalue weighted by molar-refractivity contribution is 5.08. The van der Waals surface area contributed by atoms with Crippen LogP contribution in [0.3, 0.4) is 0 Å². The first-order valence-corrected chi connectivity index (χ1v) is 4.90. The van der Waals surface area contributed by atoms with Crippen LogP contribution in [0.2, 0.25) is 0 Å². The van der Waals surface area contributed by atoms with Gasteiger partial charge in [0.05, 0.1) is 19.4 Å². The van der Waals surface area contributed by atoms with Gasteiger partial charge in [0.15, 0.2) is 0 Å². The summed E-state index contributed by atoms with van der Waals surface area (Å²) in [5.41, 5.74) is 1.11. The van der Waals surface area contributed by atoms with Crippen molar-refractivity contribution in [1.82, 2.24) is 9.78 Å². The molecular weight excluding hydrogens is 180 g/mol. The topological polar surface area (TPSA) is 47.3 Å². The molecule has 1 saturated heterocycles. The van der Waals surface area contributed by atoms with Crippen molar-refractivity contribution >= 4 is 0 Å². The van der Waals surface area contributed by atoms with E-state index in [1.165, 1.54) is 5.56 Å². The quantitative estimate of drug-likeness (QED) is 0.759. The van der Waals surface area contributed by atoms with Crippen molar-refractivity contribution in [2.24, 2.45) is 12.5 Å². The van der Waals surface area contributed by atoms with E-state index in [-0.39, 0.29) is 12.0 Å². The molecule has 2 rings (SSSR count). The number of aryl methyl sites for hydroxylation is 1. The van der Waals surface area contributed by atoms with Gasteiger partial charge in [-0.05, 0) is 18.4 Å². The summed E-state index contributed by atoms with van der Waals surface area (Å²) in [7, 11) is 1.90. The molecule has 0 amide bonds. The molecule has 78 valence electrons. The summed E-state index contributed by atoms with van der Waals surface area (Å²) in [6.45, 7) is 1.63. The van der Waals surface area contributed by atoms with Gasteiger partial charge in [-0.2, -0.15) is 5.10 Å². The third-order valence-corrected chi connectivity index (χ3v) is 2.86. The molecule has 1 aromatic heterocycles. The summed E-state index contributed by atoms with van der Waals surface area (Å²) in [6, 6.07) is 0. The van der Waals surface area contributed by atoms with E-state index in [1.807, 2.05) is 19.4 Å². The smallest absolute Gasteiger partial charge is 0.0548 e. The Bertz CT molecular complexity index is 303. The summed E-state index contributed by atoms with van der Waals surface area (Å²) in [5, 5.41) is 13.5. The predicted molar refractivity (Wildman–Crippen MR) is 51.9 cm³/mol. The highest BCUT2D eigenvalue weighted by atomic mass is 16.5. The molecule has 1 aliphatic rings. The van der Waals surface area contributed by atoms with E-state index < -0.39 is 0 Å². The summed E-state index contributed by atoms with van der Waals surface area (Å²) in [4.78, 5) is 0. The molecule has 1 aromatic rings. The Morgan fingerprint density at radius 2 is 2.57 bits per heavy atom. The van der Waals surface area contributed by atoms with E-state index in [9.17, 15) is 5.11 Å². The SMILES string of the molecule is Cn1cc(CC2(CO)CCOC2)cn1. The number of aromatic nitrogens is 2. The van der Waals surface area contributed by atoms with E-state index in [2.05, 4.69) is 5.10 Å². The van der Waals surface area contributed by atoms with Crippen LogP contribution in [-0.2, 0) is 18.2 Å². The molecule has 1 unspecified atom stereocenters. The van der Waals surface area contributed by atoms with Gasteiger partial charge in [0.25, 0.3) is 0 Å². The predicted octanol–water partition coefficient (Wildman–Crippen LogP) is 0.362.